The van der Waals surface area contributed by atoms with Crippen molar-refractivity contribution in [3.63, 3.8) is 0 Å². The van der Waals surface area contributed by atoms with Crippen molar-refractivity contribution >= 4 is 11.7 Å². The maximum atomic E-state index is 13.0. The highest BCUT2D eigenvalue weighted by atomic mass is 19.1. The van der Waals surface area contributed by atoms with Gasteiger partial charge in [0.2, 0.25) is 0 Å². The second-order valence-corrected chi connectivity index (χ2v) is 3.62. The number of hydrogen-bond donors (Lipinski definition) is 1. The van der Waals surface area contributed by atoms with Crippen molar-refractivity contribution < 1.29 is 13.6 Å². The maximum absolute atomic E-state index is 13.0. The van der Waals surface area contributed by atoms with Crippen molar-refractivity contribution in [3.05, 3.63) is 59.3 Å². The number of nitrogens with one attached hydrogen (secondary N) is 1. The molecule has 19 heavy (non-hydrogen) atoms. The molecule has 0 aliphatic carbocycles. The molecule has 1 N–H and O–H groups in total. The Balaban J connectivity index is 2.29. The number of benzene rings is 1. The zero-order valence-electron chi connectivity index (χ0n) is 9.52. The van der Waals surface area contributed by atoms with Gasteiger partial charge in [0.1, 0.15) is 17.7 Å². The molecule has 6 heteroatoms. The number of hydrogen-bond acceptors (Lipinski definition) is 3. The van der Waals surface area contributed by atoms with Crippen molar-refractivity contribution in [2.75, 3.05) is 5.32 Å². The lowest BCUT2D eigenvalue weighted by Crippen LogP contribution is -2.14. The van der Waals surface area contributed by atoms with Gasteiger partial charge in [0, 0.05) is 17.8 Å². The second kappa shape index (κ2) is 5.23. The third-order valence-electron chi connectivity index (χ3n) is 2.28. The van der Waals surface area contributed by atoms with Gasteiger partial charge in [-0.1, -0.05) is 0 Å². The number of nitriles is 1. The smallest absolute Gasteiger partial charge is 0.257 e. The van der Waals surface area contributed by atoms with E-state index in [1.807, 2.05) is 6.07 Å². The van der Waals surface area contributed by atoms with Crippen LogP contribution in [0.4, 0.5) is 14.6 Å². The molecule has 0 saturated heterocycles. The molecule has 94 valence electrons. The number of rotatable bonds is 2. The number of nitrogens with zero attached hydrogens (tertiary/aromatic N) is 2. The zero-order chi connectivity index (χ0) is 13.8. The Morgan fingerprint density at radius 3 is 2.58 bits per heavy atom. The van der Waals surface area contributed by atoms with Gasteiger partial charge in [0.25, 0.3) is 5.91 Å². The molecule has 1 amide bonds. The molecule has 0 fully saturated rings. The standard InChI is InChI=1S/C13H7F2N3O/c14-10-4-9(5-11(15)6-10)13(19)18-12-8(7-16)2-1-3-17-12/h1-6H,(H,17,18,19). The minimum atomic E-state index is -0.855. The summed E-state index contributed by atoms with van der Waals surface area (Å²) >= 11 is 0. The number of pyridine rings is 1. The summed E-state index contributed by atoms with van der Waals surface area (Å²) in [4.78, 5) is 15.6. The van der Waals surface area contributed by atoms with E-state index in [-0.39, 0.29) is 16.9 Å². The third kappa shape index (κ3) is 2.90. The Morgan fingerprint density at radius 2 is 1.95 bits per heavy atom. The van der Waals surface area contributed by atoms with Crippen LogP contribution < -0.4 is 5.32 Å². The zero-order valence-corrected chi connectivity index (χ0v) is 9.52. The van der Waals surface area contributed by atoms with Crippen molar-refractivity contribution in [3.8, 4) is 6.07 Å². The quantitative estimate of drug-likeness (QED) is 0.901. The Morgan fingerprint density at radius 1 is 1.26 bits per heavy atom. The number of amides is 1. The van der Waals surface area contributed by atoms with Crippen LogP contribution in [0.2, 0.25) is 0 Å². The van der Waals surface area contributed by atoms with Gasteiger partial charge in [0.05, 0.1) is 5.56 Å². The average Bonchev–Trinajstić information content (AvgIpc) is 2.38. The average molecular weight is 259 g/mol. The molecule has 0 bridgehead atoms. The Hall–Kier alpha value is -2.81. The Labute approximate surface area is 107 Å². The van der Waals surface area contributed by atoms with E-state index in [2.05, 4.69) is 10.3 Å². The summed E-state index contributed by atoms with van der Waals surface area (Å²) in [6.07, 6.45) is 1.39. The molecular weight excluding hydrogens is 252 g/mol. The summed E-state index contributed by atoms with van der Waals surface area (Å²) in [5.41, 5.74) is -0.0280. The summed E-state index contributed by atoms with van der Waals surface area (Å²) in [5, 5.41) is 11.2. The molecule has 2 rings (SSSR count). The molecule has 0 saturated carbocycles. The van der Waals surface area contributed by atoms with Gasteiger partial charge in [0.15, 0.2) is 5.82 Å². The van der Waals surface area contributed by atoms with Crippen LogP contribution >= 0.6 is 0 Å². The summed E-state index contributed by atoms with van der Waals surface area (Å²) in [7, 11) is 0. The van der Waals surface area contributed by atoms with Gasteiger partial charge >= 0.3 is 0 Å². The predicted molar refractivity (Wildman–Crippen MR) is 63.3 cm³/mol. The van der Waals surface area contributed by atoms with Crippen molar-refractivity contribution in [2.24, 2.45) is 0 Å². The van der Waals surface area contributed by atoms with Crippen molar-refractivity contribution in [1.29, 1.82) is 5.26 Å². The number of carbonyl (C=O) groups excluding carboxylic acids is 1. The van der Waals surface area contributed by atoms with E-state index in [0.717, 1.165) is 12.1 Å². The van der Waals surface area contributed by atoms with Crippen molar-refractivity contribution in [1.82, 2.24) is 4.98 Å². The third-order valence-corrected chi connectivity index (χ3v) is 2.28. The normalized spacial score (nSPS) is 9.74. The fourth-order valence-corrected chi connectivity index (χ4v) is 1.46. The predicted octanol–water partition coefficient (Wildman–Crippen LogP) is 2.48. The first-order valence-corrected chi connectivity index (χ1v) is 5.22. The molecule has 0 aliphatic heterocycles. The monoisotopic (exact) mass is 259 g/mol. The molecule has 4 nitrogen and oxygen atoms in total. The van der Waals surface area contributed by atoms with Gasteiger partial charge in [-0.15, -0.1) is 0 Å². The lowest BCUT2D eigenvalue weighted by molar-refractivity contribution is 0.102. The highest BCUT2D eigenvalue weighted by Crippen LogP contribution is 2.13. The molecule has 0 unspecified atom stereocenters. The van der Waals surface area contributed by atoms with E-state index < -0.39 is 17.5 Å². The maximum Gasteiger partial charge on any atom is 0.257 e. The summed E-state index contributed by atoms with van der Waals surface area (Å²) in [5.74, 6) is -2.41. The van der Waals surface area contributed by atoms with Crippen LogP contribution in [0.3, 0.4) is 0 Å². The molecule has 0 spiro atoms. The lowest BCUT2D eigenvalue weighted by atomic mass is 10.2. The van der Waals surface area contributed by atoms with Crippen LogP contribution in [0.25, 0.3) is 0 Å². The first-order valence-electron chi connectivity index (χ1n) is 5.22. The van der Waals surface area contributed by atoms with Gasteiger partial charge in [-0.3, -0.25) is 4.79 Å². The van der Waals surface area contributed by atoms with Crippen molar-refractivity contribution in [2.45, 2.75) is 0 Å². The van der Waals surface area contributed by atoms with E-state index in [1.54, 1.807) is 0 Å². The molecule has 1 aromatic heterocycles. The second-order valence-electron chi connectivity index (χ2n) is 3.62. The van der Waals surface area contributed by atoms with E-state index >= 15 is 0 Å². The van der Waals surface area contributed by atoms with E-state index in [4.69, 9.17) is 5.26 Å². The topological polar surface area (TPSA) is 65.8 Å². The molecule has 1 aromatic carbocycles. The summed E-state index contributed by atoms with van der Waals surface area (Å²) < 4.78 is 26.0. The number of anilines is 1. The first kappa shape index (κ1) is 12.6. The molecule has 0 radical (unpaired) electrons. The molecule has 1 heterocycles. The highest BCUT2D eigenvalue weighted by molar-refractivity contribution is 6.04. The minimum absolute atomic E-state index is 0.0414. The van der Waals surface area contributed by atoms with Crippen LogP contribution in [0.5, 0.6) is 0 Å². The fourth-order valence-electron chi connectivity index (χ4n) is 1.46. The van der Waals surface area contributed by atoms with Crippen LogP contribution in [-0.4, -0.2) is 10.9 Å². The fraction of sp³-hybridized carbons (Fsp3) is 0. The van der Waals surface area contributed by atoms with Crippen LogP contribution in [0, 0.1) is 23.0 Å². The Kier molecular flexibility index (Phi) is 3.48. The highest BCUT2D eigenvalue weighted by Gasteiger charge is 2.12. The van der Waals surface area contributed by atoms with Gasteiger partial charge < -0.3 is 5.32 Å². The molecule has 0 aliphatic rings. The largest absolute Gasteiger partial charge is 0.305 e. The van der Waals surface area contributed by atoms with Crippen LogP contribution in [0.15, 0.2) is 36.5 Å². The molecule has 0 atom stereocenters. The SMILES string of the molecule is N#Cc1cccnc1NC(=O)c1cc(F)cc(F)c1. The van der Waals surface area contributed by atoms with Crippen LogP contribution in [0.1, 0.15) is 15.9 Å². The minimum Gasteiger partial charge on any atom is -0.305 e. The Bertz CT molecular complexity index is 660. The number of halogens is 2. The molecule has 2 aromatic rings. The lowest BCUT2D eigenvalue weighted by Gasteiger charge is -2.05. The van der Waals surface area contributed by atoms with E-state index in [0.29, 0.717) is 6.07 Å². The first-order chi connectivity index (χ1) is 9.10. The summed E-state index contributed by atoms with van der Waals surface area (Å²) in [6, 6.07) is 7.31. The van der Waals surface area contributed by atoms with E-state index in [1.165, 1.54) is 18.3 Å². The van der Waals surface area contributed by atoms with Gasteiger partial charge in [-0.05, 0) is 24.3 Å². The van der Waals surface area contributed by atoms with Gasteiger partial charge in [-0.25, -0.2) is 13.8 Å². The van der Waals surface area contributed by atoms with Gasteiger partial charge in [-0.2, -0.15) is 5.26 Å². The van der Waals surface area contributed by atoms with Crippen LogP contribution in [-0.2, 0) is 0 Å². The summed E-state index contributed by atoms with van der Waals surface area (Å²) in [6.45, 7) is 0. The van der Waals surface area contributed by atoms with E-state index in [9.17, 15) is 13.6 Å². The number of aromatic nitrogens is 1. The number of carbonyl (C=O) groups is 1. The molecular formula is C13H7F2N3O.